The van der Waals surface area contributed by atoms with Crippen LogP contribution in [0.5, 0.6) is 0 Å². The maximum atomic E-state index is 11.9. The Bertz CT molecular complexity index is 687. The molecular weight excluding hydrogens is 312 g/mol. The van der Waals surface area contributed by atoms with E-state index in [1.807, 2.05) is 13.0 Å². The molecule has 0 aromatic carbocycles. The minimum atomic E-state index is -0.645. The van der Waals surface area contributed by atoms with E-state index in [0.29, 0.717) is 24.0 Å². The maximum Gasteiger partial charge on any atom is 0.306 e. The van der Waals surface area contributed by atoms with Crippen molar-refractivity contribution in [3.8, 4) is 0 Å². The molecule has 25 heavy (non-hydrogen) atoms. The van der Waals surface area contributed by atoms with Gasteiger partial charge in [-0.3, -0.25) is 9.59 Å². The van der Waals surface area contributed by atoms with E-state index in [4.69, 9.17) is 0 Å². The molecule has 0 aromatic rings. The summed E-state index contributed by atoms with van der Waals surface area (Å²) in [4.78, 5) is 23.5. The van der Waals surface area contributed by atoms with Crippen LogP contribution in [0, 0.1) is 34.5 Å². The molecule has 0 radical (unpaired) electrons. The lowest BCUT2D eigenvalue weighted by Crippen LogP contribution is -2.45. The molecule has 4 aliphatic carbocycles. The highest BCUT2D eigenvalue weighted by molar-refractivity contribution is 5.92. The Labute approximate surface area is 150 Å². The predicted octanol–water partition coefficient (Wildman–Crippen LogP) is 4.78. The smallest absolute Gasteiger partial charge is 0.306 e. The van der Waals surface area contributed by atoms with Crippen LogP contribution >= 0.6 is 0 Å². The molecule has 0 heterocycles. The van der Waals surface area contributed by atoms with Gasteiger partial charge in [0, 0.05) is 11.8 Å². The number of aliphatic carboxylic acids is 1. The van der Waals surface area contributed by atoms with Crippen molar-refractivity contribution in [3.05, 3.63) is 23.3 Å². The third-order valence-electron chi connectivity index (χ3n) is 8.40. The monoisotopic (exact) mass is 342 g/mol. The van der Waals surface area contributed by atoms with Crippen LogP contribution in [-0.4, -0.2) is 16.9 Å². The average molecular weight is 342 g/mol. The minimum Gasteiger partial charge on any atom is -0.481 e. The normalized spacial score (nSPS) is 44.1. The number of carboxylic acid groups (broad SMARTS) is 1. The summed E-state index contributed by atoms with van der Waals surface area (Å²) in [6.45, 7) is 6.59. The number of carbonyl (C=O) groups is 2. The Morgan fingerprint density at radius 3 is 2.72 bits per heavy atom. The summed E-state index contributed by atoms with van der Waals surface area (Å²) in [5.41, 5.74) is 3.12. The van der Waals surface area contributed by atoms with E-state index in [2.05, 4.69) is 19.9 Å². The van der Waals surface area contributed by atoms with Crippen LogP contribution in [0.3, 0.4) is 0 Å². The number of carboxylic acids is 1. The maximum absolute atomic E-state index is 11.9. The van der Waals surface area contributed by atoms with E-state index in [1.54, 1.807) is 5.57 Å². The van der Waals surface area contributed by atoms with Gasteiger partial charge in [0.25, 0.3) is 0 Å². The SMILES string of the molecule is CC(C(=O)O)[C@H]1CC[C@H]2[C@@H]3CCC4=CC(=O)CC[C@]4(C)C3=CC[C@]12C. The first kappa shape index (κ1) is 17.1. The Hall–Kier alpha value is -1.38. The number of hydrogen-bond donors (Lipinski definition) is 1. The van der Waals surface area contributed by atoms with Gasteiger partial charge in [0.05, 0.1) is 5.92 Å². The molecule has 4 aliphatic rings. The predicted molar refractivity (Wildman–Crippen MR) is 97.0 cm³/mol. The molecule has 136 valence electrons. The summed E-state index contributed by atoms with van der Waals surface area (Å²) in [7, 11) is 0. The molecule has 0 bridgehead atoms. The average Bonchev–Trinajstić information content (AvgIpc) is 2.92. The lowest BCUT2D eigenvalue weighted by atomic mass is 9.50. The van der Waals surface area contributed by atoms with E-state index >= 15 is 0 Å². The molecule has 2 fully saturated rings. The van der Waals surface area contributed by atoms with Gasteiger partial charge in [-0.2, -0.15) is 0 Å². The highest BCUT2D eigenvalue weighted by Gasteiger charge is 2.57. The van der Waals surface area contributed by atoms with Crippen molar-refractivity contribution < 1.29 is 14.7 Å². The Morgan fingerprint density at radius 2 is 2.00 bits per heavy atom. The Morgan fingerprint density at radius 1 is 1.24 bits per heavy atom. The van der Waals surface area contributed by atoms with Gasteiger partial charge >= 0.3 is 5.97 Å². The Kier molecular flexibility index (Phi) is 3.79. The first-order valence-electron chi connectivity index (χ1n) is 9.94. The summed E-state index contributed by atoms with van der Waals surface area (Å²) in [6.07, 6.45) is 11.4. The fraction of sp³-hybridized carbons (Fsp3) is 0.727. The van der Waals surface area contributed by atoms with E-state index in [-0.39, 0.29) is 22.7 Å². The lowest BCUT2D eigenvalue weighted by Gasteiger charge is -2.53. The van der Waals surface area contributed by atoms with E-state index in [9.17, 15) is 14.7 Å². The molecule has 0 aromatic heterocycles. The van der Waals surface area contributed by atoms with E-state index in [1.165, 1.54) is 5.57 Å². The van der Waals surface area contributed by atoms with Crippen molar-refractivity contribution in [2.75, 3.05) is 0 Å². The van der Waals surface area contributed by atoms with Gasteiger partial charge in [-0.05, 0) is 67.8 Å². The van der Waals surface area contributed by atoms with Crippen LogP contribution in [-0.2, 0) is 9.59 Å². The van der Waals surface area contributed by atoms with Gasteiger partial charge < -0.3 is 5.11 Å². The number of fused-ring (bicyclic) bond motifs is 5. The number of allylic oxidation sites excluding steroid dienone is 4. The van der Waals surface area contributed by atoms with Crippen molar-refractivity contribution in [1.29, 1.82) is 0 Å². The number of carbonyl (C=O) groups excluding carboxylic acids is 1. The molecule has 2 saturated carbocycles. The van der Waals surface area contributed by atoms with Gasteiger partial charge in [0.2, 0.25) is 0 Å². The van der Waals surface area contributed by atoms with Crippen LogP contribution in [0.15, 0.2) is 23.3 Å². The number of ketones is 1. The van der Waals surface area contributed by atoms with Crippen molar-refractivity contribution in [2.45, 2.75) is 65.7 Å². The quantitative estimate of drug-likeness (QED) is 0.735. The lowest BCUT2D eigenvalue weighted by molar-refractivity contribution is -0.145. The second kappa shape index (κ2) is 5.56. The van der Waals surface area contributed by atoms with Crippen molar-refractivity contribution in [2.24, 2.45) is 34.5 Å². The molecule has 3 heteroatoms. The summed E-state index contributed by atoms with van der Waals surface area (Å²) in [5.74, 6) is 0.865. The van der Waals surface area contributed by atoms with Crippen molar-refractivity contribution >= 4 is 11.8 Å². The zero-order chi connectivity index (χ0) is 18.0. The zero-order valence-electron chi connectivity index (χ0n) is 15.7. The van der Waals surface area contributed by atoms with Crippen LogP contribution in [0.4, 0.5) is 0 Å². The summed E-state index contributed by atoms with van der Waals surface area (Å²) in [5, 5.41) is 9.54. The molecule has 1 unspecified atom stereocenters. The second-order valence-corrected chi connectivity index (χ2v) is 9.40. The minimum absolute atomic E-state index is 0.0780. The number of hydrogen-bond acceptors (Lipinski definition) is 2. The first-order valence-corrected chi connectivity index (χ1v) is 9.94. The third kappa shape index (κ3) is 2.30. The van der Waals surface area contributed by atoms with Gasteiger partial charge in [0.15, 0.2) is 5.78 Å². The van der Waals surface area contributed by atoms with E-state index in [0.717, 1.165) is 38.5 Å². The zero-order valence-corrected chi connectivity index (χ0v) is 15.7. The molecular formula is C22H30O3. The fourth-order valence-corrected chi connectivity index (χ4v) is 6.89. The van der Waals surface area contributed by atoms with E-state index < -0.39 is 5.97 Å². The molecule has 0 amide bonds. The summed E-state index contributed by atoms with van der Waals surface area (Å²) >= 11 is 0. The fourth-order valence-electron chi connectivity index (χ4n) is 6.89. The van der Waals surface area contributed by atoms with Gasteiger partial charge in [-0.1, -0.05) is 38.0 Å². The Balaban J connectivity index is 1.70. The molecule has 0 spiro atoms. The van der Waals surface area contributed by atoms with Gasteiger partial charge in [0.1, 0.15) is 0 Å². The first-order chi connectivity index (χ1) is 11.8. The van der Waals surface area contributed by atoms with Crippen LogP contribution in [0.25, 0.3) is 0 Å². The summed E-state index contributed by atoms with van der Waals surface area (Å²) in [6, 6.07) is 0. The second-order valence-electron chi connectivity index (χ2n) is 9.40. The molecule has 3 nitrogen and oxygen atoms in total. The molecule has 6 atom stereocenters. The molecule has 4 rings (SSSR count). The molecule has 0 aliphatic heterocycles. The largest absolute Gasteiger partial charge is 0.481 e. The highest BCUT2D eigenvalue weighted by Crippen LogP contribution is 2.65. The van der Waals surface area contributed by atoms with Crippen LogP contribution in [0.1, 0.15) is 65.7 Å². The highest BCUT2D eigenvalue weighted by atomic mass is 16.4. The molecule has 1 N–H and O–H groups in total. The number of rotatable bonds is 2. The topological polar surface area (TPSA) is 54.4 Å². The molecule has 0 saturated heterocycles. The van der Waals surface area contributed by atoms with Gasteiger partial charge in [-0.25, -0.2) is 0 Å². The van der Waals surface area contributed by atoms with Crippen molar-refractivity contribution in [1.82, 2.24) is 0 Å². The summed E-state index contributed by atoms with van der Waals surface area (Å²) < 4.78 is 0. The van der Waals surface area contributed by atoms with Gasteiger partial charge in [-0.15, -0.1) is 0 Å². The van der Waals surface area contributed by atoms with Crippen molar-refractivity contribution in [3.63, 3.8) is 0 Å². The van der Waals surface area contributed by atoms with Crippen LogP contribution < -0.4 is 0 Å². The van der Waals surface area contributed by atoms with Crippen LogP contribution in [0.2, 0.25) is 0 Å². The third-order valence-corrected chi connectivity index (χ3v) is 8.40. The standard InChI is InChI=1S/C22H30O3/c1-13(20(24)25)17-6-7-18-16-5-4-14-12-15(23)8-10-21(14,2)19(16)9-11-22(17,18)3/h9,12-13,16-18H,4-8,10-11H2,1-3H3,(H,24,25)/t13?,16-,17+,18-,21-,22+/m0/s1.